The maximum absolute atomic E-state index is 13.4. The second kappa shape index (κ2) is 4.92. The van der Waals surface area contributed by atoms with Crippen LogP contribution < -0.4 is 0 Å². The molecule has 0 N–H and O–H groups in total. The molecule has 0 fully saturated rings. The molecule has 0 spiro atoms. The Balaban J connectivity index is 2.96. The molecule has 0 aliphatic carbocycles. The summed E-state index contributed by atoms with van der Waals surface area (Å²) in [5.41, 5.74) is -0.901. The van der Waals surface area contributed by atoms with E-state index in [0.717, 1.165) is 12.1 Å². The first-order chi connectivity index (χ1) is 7.76. The van der Waals surface area contributed by atoms with E-state index in [9.17, 15) is 13.6 Å². The van der Waals surface area contributed by atoms with Gasteiger partial charge in [0, 0.05) is 12.0 Å². The number of halogens is 2. The molecule has 0 atom stereocenters. The van der Waals surface area contributed by atoms with Crippen LogP contribution in [-0.2, 0) is 11.2 Å². The standard InChI is InChI=1S/C13H17F2NO/c1-13(2,16(3)4)12(17)8-9-10(14)6-5-7-11(9)15/h5-7H,8H2,1-4H3. The predicted octanol–water partition coefficient (Wildman–Crippen LogP) is 2.42. The Morgan fingerprint density at radius 2 is 1.71 bits per heavy atom. The summed E-state index contributed by atoms with van der Waals surface area (Å²) < 4.78 is 26.8. The van der Waals surface area contributed by atoms with Crippen molar-refractivity contribution >= 4 is 5.78 Å². The largest absolute Gasteiger partial charge is 0.298 e. The molecule has 2 nitrogen and oxygen atoms in total. The molecule has 0 unspecified atom stereocenters. The Kier molecular flexibility index (Phi) is 3.98. The molecule has 0 aliphatic rings. The summed E-state index contributed by atoms with van der Waals surface area (Å²) in [5, 5.41) is 0. The monoisotopic (exact) mass is 241 g/mol. The van der Waals surface area contributed by atoms with Gasteiger partial charge in [-0.05, 0) is 40.1 Å². The number of likely N-dealkylation sites (N-methyl/N-ethyl adjacent to an activating group) is 1. The number of carbonyl (C=O) groups is 1. The molecule has 0 aliphatic heterocycles. The van der Waals surface area contributed by atoms with Gasteiger partial charge in [-0.2, -0.15) is 0 Å². The molecule has 94 valence electrons. The van der Waals surface area contributed by atoms with Crippen LogP contribution in [-0.4, -0.2) is 30.3 Å². The third-order valence-electron chi connectivity index (χ3n) is 3.20. The topological polar surface area (TPSA) is 20.3 Å². The van der Waals surface area contributed by atoms with Crippen LogP contribution in [0, 0.1) is 11.6 Å². The molecular weight excluding hydrogens is 224 g/mol. The average molecular weight is 241 g/mol. The quantitative estimate of drug-likeness (QED) is 0.807. The third-order valence-corrected chi connectivity index (χ3v) is 3.20. The average Bonchev–Trinajstić information content (AvgIpc) is 2.23. The van der Waals surface area contributed by atoms with Crippen molar-refractivity contribution in [2.24, 2.45) is 0 Å². The van der Waals surface area contributed by atoms with Crippen LogP contribution in [0.2, 0.25) is 0 Å². The Bertz CT molecular complexity index is 407. The van der Waals surface area contributed by atoms with Crippen LogP contribution in [0.4, 0.5) is 8.78 Å². The van der Waals surface area contributed by atoms with Gasteiger partial charge in [0.05, 0.1) is 5.54 Å². The predicted molar refractivity (Wildman–Crippen MR) is 62.8 cm³/mol. The molecule has 0 aromatic heterocycles. The molecular formula is C13H17F2NO. The summed E-state index contributed by atoms with van der Waals surface area (Å²) in [7, 11) is 3.52. The maximum atomic E-state index is 13.4. The maximum Gasteiger partial charge on any atom is 0.157 e. The van der Waals surface area contributed by atoms with E-state index in [0.29, 0.717) is 0 Å². The van der Waals surface area contributed by atoms with Crippen molar-refractivity contribution in [3.63, 3.8) is 0 Å². The first-order valence-electron chi connectivity index (χ1n) is 5.40. The van der Waals surface area contributed by atoms with Crippen molar-refractivity contribution in [3.05, 3.63) is 35.4 Å². The van der Waals surface area contributed by atoms with E-state index in [1.807, 2.05) is 0 Å². The Morgan fingerprint density at radius 1 is 1.24 bits per heavy atom. The highest BCUT2D eigenvalue weighted by atomic mass is 19.1. The summed E-state index contributed by atoms with van der Waals surface area (Å²) >= 11 is 0. The number of nitrogens with zero attached hydrogens (tertiary/aromatic N) is 1. The zero-order valence-corrected chi connectivity index (χ0v) is 10.6. The van der Waals surface area contributed by atoms with Crippen LogP contribution in [0.3, 0.4) is 0 Å². The fraction of sp³-hybridized carbons (Fsp3) is 0.462. The molecule has 17 heavy (non-hydrogen) atoms. The fourth-order valence-corrected chi connectivity index (χ4v) is 1.33. The smallest absolute Gasteiger partial charge is 0.157 e. The van der Waals surface area contributed by atoms with Gasteiger partial charge in [-0.25, -0.2) is 8.78 Å². The number of carbonyl (C=O) groups excluding carboxylic acids is 1. The van der Waals surface area contributed by atoms with Crippen LogP contribution in [0.15, 0.2) is 18.2 Å². The SMILES string of the molecule is CN(C)C(C)(C)C(=O)Cc1c(F)cccc1F. The molecule has 0 saturated carbocycles. The van der Waals surface area contributed by atoms with Crippen molar-refractivity contribution in [1.29, 1.82) is 0 Å². The van der Waals surface area contributed by atoms with Gasteiger partial charge in [0.15, 0.2) is 5.78 Å². The van der Waals surface area contributed by atoms with E-state index in [1.165, 1.54) is 6.07 Å². The van der Waals surface area contributed by atoms with E-state index in [4.69, 9.17) is 0 Å². The van der Waals surface area contributed by atoms with Crippen molar-refractivity contribution in [1.82, 2.24) is 4.90 Å². The second-order valence-corrected chi connectivity index (χ2v) is 4.75. The minimum atomic E-state index is -0.741. The normalized spacial score (nSPS) is 11.9. The number of Topliss-reactive ketones (excluding diaryl/α,β-unsaturated/α-hetero) is 1. The lowest BCUT2D eigenvalue weighted by Crippen LogP contribution is -2.46. The van der Waals surface area contributed by atoms with Crippen molar-refractivity contribution in [2.75, 3.05) is 14.1 Å². The van der Waals surface area contributed by atoms with Crippen LogP contribution >= 0.6 is 0 Å². The zero-order valence-electron chi connectivity index (χ0n) is 10.6. The van der Waals surface area contributed by atoms with E-state index in [2.05, 4.69) is 0 Å². The molecule has 4 heteroatoms. The lowest BCUT2D eigenvalue weighted by atomic mass is 9.92. The van der Waals surface area contributed by atoms with E-state index in [-0.39, 0.29) is 17.8 Å². The Labute approximate surface area is 100 Å². The first kappa shape index (κ1) is 13.8. The minimum Gasteiger partial charge on any atom is -0.298 e. The molecule has 1 aromatic carbocycles. The van der Waals surface area contributed by atoms with Gasteiger partial charge in [-0.3, -0.25) is 9.69 Å². The van der Waals surface area contributed by atoms with Crippen LogP contribution in [0.5, 0.6) is 0 Å². The molecule has 0 bridgehead atoms. The Morgan fingerprint density at radius 3 is 2.12 bits per heavy atom. The number of rotatable bonds is 4. The lowest BCUT2D eigenvalue weighted by Gasteiger charge is -2.31. The third kappa shape index (κ3) is 2.88. The first-order valence-corrected chi connectivity index (χ1v) is 5.40. The number of hydrogen-bond acceptors (Lipinski definition) is 2. The number of hydrogen-bond donors (Lipinski definition) is 0. The summed E-state index contributed by atoms with van der Waals surface area (Å²) in [4.78, 5) is 13.7. The minimum absolute atomic E-state index is 0.160. The van der Waals surface area contributed by atoms with Crippen molar-refractivity contribution < 1.29 is 13.6 Å². The van der Waals surface area contributed by atoms with Crippen LogP contribution in [0.25, 0.3) is 0 Å². The summed E-state index contributed by atoms with van der Waals surface area (Å²) in [6, 6.07) is 3.61. The van der Waals surface area contributed by atoms with Crippen molar-refractivity contribution in [3.8, 4) is 0 Å². The molecule has 0 radical (unpaired) electrons. The summed E-state index contributed by atoms with van der Waals surface area (Å²) in [5.74, 6) is -1.56. The van der Waals surface area contributed by atoms with E-state index in [1.54, 1.807) is 32.8 Å². The molecule has 0 heterocycles. The van der Waals surface area contributed by atoms with Crippen LogP contribution in [0.1, 0.15) is 19.4 Å². The van der Waals surface area contributed by atoms with Gasteiger partial charge < -0.3 is 0 Å². The Hall–Kier alpha value is -1.29. The molecule has 0 amide bonds. The summed E-state index contributed by atoms with van der Waals surface area (Å²) in [6.07, 6.45) is -0.232. The van der Waals surface area contributed by atoms with E-state index < -0.39 is 17.2 Å². The molecule has 1 rings (SSSR count). The van der Waals surface area contributed by atoms with Gasteiger partial charge in [-0.1, -0.05) is 6.07 Å². The molecule has 1 aromatic rings. The van der Waals surface area contributed by atoms with Crippen molar-refractivity contribution in [2.45, 2.75) is 25.8 Å². The number of benzene rings is 1. The second-order valence-electron chi connectivity index (χ2n) is 4.75. The van der Waals surface area contributed by atoms with E-state index >= 15 is 0 Å². The van der Waals surface area contributed by atoms with Gasteiger partial charge in [0.1, 0.15) is 11.6 Å². The van der Waals surface area contributed by atoms with Gasteiger partial charge in [0.2, 0.25) is 0 Å². The fourth-order valence-electron chi connectivity index (χ4n) is 1.33. The highest BCUT2D eigenvalue weighted by Gasteiger charge is 2.30. The zero-order chi connectivity index (χ0) is 13.2. The van der Waals surface area contributed by atoms with Gasteiger partial charge in [-0.15, -0.1) is 0 Å². The highest BCUT2D eigenvalue weighted by Crippen LogP contribution is 2.18. The molecule has 0 saturated heterocycles. The van der Waals surface area contributed by atoms with Gasteiger partial charge >= 0.3 is 0 Å². The summed E-state index contributed by atoms with van der Waals surface area (Å²) in [6.45, 7) is 3.46. The number of ketones is 1. The lowest BCUT2D eigenvalue weighted by molar-refractivity contribution is -0.127. The highest BCUT2D eigenvalue weighted by molar-refractivity contribution is 5.89. The van der Waals surface area contributed by atoms with Gasteiger partial charge in [0.25, 0.3) is 0 Å².